The van der Waals surface area contributed by atoms with Crippen LogP contribution in [-0.2, 0) is 9.92 Å². The predicted octanol–water partition coefficient (Wildman–Crippen LogP) is 4.50. The zero-order valence-electron chi connectivity index (χ0n) is 14.5. The lowest BCUT2D eigenvalue weighted by atomic mass is 9.96. The number of benzene rings is 2. The van der Waals surface area contributed by atoms with E-state index in [1.807, 2.05) is 25.1 Å². The van der Waals surface area contributed by atoms with Crippen LogP contribution in [0, 0.1) is 6.92 Å². The Morgan fingerprint density at radius 2 is 1.64 bits per heavy atom. The molecule has 4 nitrogen and oxygen atoms in total. The zero-order valence-corrected chi connectivity index (χ0v) is 15.3. The highest BCUT2D eigenvalue weighted by Gasteiger charge is 2.22. The second-order valence-electron chi connectivity index (χ2n) is 6.55. The minimum absolute atomic E-state index is 0.134. The van der Waals surface area contributed by atoms with Gasteiger partial charge in [0.1, 0.15) is 9.92 Å². The van der Waals surface area contributed by atoms with Gasteiger partial charge in [0, 0.05) is 11.6 Å². The van der Waals surface area contributed by atoms with Crippen LogP contribution in [0.15, 0.2) is 63.9 Å². The zero-order chi connectivity index (χ0) is 17.7. The van der Waals surface area contributed by atoms with Crippen LogP contribution in [0.4, 0.5) is 0 Å². The maximum atomic E-state index is 13.7. The average Bonchev–Trinajstić information content (AvgIpc) is 2.63. The molecule has 1 fully saturated rings. The van der Waals surface area contributed by atoms with Gasteiger partial charge < -0.3 is 0 Å². The van der Waals surface area contributed by atoms with E-state index in [0.29, 0.717) is 10.5 Å². The van der Waals surface area contributed by atoms with Crippen molar-refractivity contribution in [3.63, 3.8) is 0 Å². The van der Waals surface area contributed by atoms with Crippen molar-refractivity contribution < 1.29 is 9.00 Å². The van der Waals surface area contributed by atoms with E-state index in [9.17, 15) is 9.00 Å². The highest BCUT2D eigenvalue weighted by atomic mass is 32.2. The van der Waals surface area contributed by atoms with E-state index < -0.39 is 15.8 Å². The Hall–Kier alpha value is -1.98. The molecule has 1 unspecified atom stereocenters. The molecule has 2 aromatic carbocycles. The molecule has 2 aromatic rings. The van der Waals surface area contributed by atoms with E-state index in [0.717, 1.165) is 31.2 Å². The van der Waals surface area contributed by atoms with Crippen LogP contribution in [0.25, 0.3) is 0 Å². The Morgan fingerprint density at radius 1 is 1.00 bits per heavy atom. The molecule has 1 atom stereocenters. The van der Waals surface area contributed by atoms with Crippen LogP contribution >= 0.6 is 0 Å². The van der Waals surface area contributed by atoms with Gasteiger partial charge in [0.25, 0.3) is 5.91 Å². The highest BCUT2D eigenvalue weighted by molar-refractivity contribution is 7.92. The van der Waals surface area contributed by atoms with E-state index in [1.54, 1.807) is 36.4 Å². The fourth-order valence-electron chi connectivity index (χ4n) is 3.07. The Bertz CT molecular complexity index is 832. The van der Waals surface area contributed by atoms with Crippen molar-refractivity contribution in [3.05, 3.63) is 65.7 Å². The molecule has 132 valence electrons. The molecule has 0 spiro atoms. The minimum Gasteiger partial charge on any atom is -0.266 e. The predicted molar refractivity (Wildman–Crippen MR) is 101 cm³/mol. The quantitative estimate of drug-likeness (QED) is 0.877. The standard InChI is InChI=1S/C20H24N2O2S/c1-16-12-14-19(15-13-16)25(24,21-18-10-6-3-7-11-18)22-20(23)17-8-4-2-5-9-17/h2,4-5,8-9,12-15,18H,3,6-7,10-11H2,1H3,(H,21,22,23,24). The van der Waals surface area contributed by atoms with Crippen molar-refractivity contribution in [2.24, 2.45) is 4.36 Å². The second-order valence-corrected chi connectivity index (χ2v) is 8.50. The van der Waals surface area contributed by atoms with E-state index in [4.69, 9.17) is 0 Å². The molecule has 1 N–H and O–H groups in total. The Labute approximate surface area is 150 Å². The summed E-state index contributed by atoms with van der Waals surface area (Å²) in [6.45, 7) is 1.98. The van der Waals surface area contributed by atoms with Crippen molar-refractivity contribution in [1.82, 2.24) is 4.72 Å². The average molecular weight is 356 g/mol. The molecule has 0 aliphatic heterocycles. The van der Waals surface area contributed by atoms with Gasteiger partial charge in [-0.2, -0.15) is 0 Å². The molecule has 0 radical (unpaired) electrons. The van der Waals surface area contributed by atoms with Crippen LogP contribution in [-0.4, -0.2) is 16.2 Å². The van der Waals surface area contributed by atoms with Crippen LogP contribution < -0.4 is 4.72 Å². The summed E-state index contributed by atoms with van der Waals surface area (Å²) in [5, 5.41) is 0. The molecule has 25 heavy (non-hydrogen) atoms. The van der Waals surface area contributed by atoms with Crippen LogP contribution in [0.3, 0.4) is 0 Å². The maximum Gasteiger partial charge on any atom is 0.286 e. The summed E-state index contributed by atoms with van der Waals surface area (Å²) in [4.78, 5) is 13.1. The van der Waals surface area contributed by atoms with Gasteiger partial charge in [0.2, 0.25) is 0 Å². The van der Waals surface area contributed by atoms with E-state index >= 15 is 0 Å². The van der Waals surface area contributed by atoms with Crippen LogP contribution in [0.2, 0.25) is 0 Å². The third-order valence-electron chi connectivity index (χ3n) is 4.50. The molecule has 1 aliphatic rings. The number of aryl methyl sites for hydroxylation is 1. The number of amides is 1. The Balaban J connectivity index is 1.98. The van der Waals surface area contributed by atoms with E-state index in [1.165, 1.54) is 6.42 Å². The molecule has 1 saturated carbocycles. The summed E-state index contributed by atoms with van der Waals surface area (Å²) in [7, 11) is -3.01. The summed E-state index contributed by atoms with van der Waals surface area (Å²) < 4.78 is 21.0. The van der Waals surface area contributed by atoms with Crippen LogP contribution in [0.5, 0.6) is 0 Å². The van der Waals surface area contributed by atoms with Gasteiger partial charge in [0.05, 0.1) is 4.90 Å². The maximum absolute atomic E-state index is 13.7. The molecule has 0 bridgehead atoms. The smallest absolute Gasteiger partial charge is 0.266 e. The minimum atomic E-state index is -3.01. The second kappa shape index (κ2) is 7.93. The number of nitrogens with zero attached hydrogens (tertiary/aromatic N) is 1. The van der Waals surface area contributed by atoms with Gasteiger partial charge in [-0.15, -0.1) is 4.36 Å². The summed E-state index contributed by atoms with van der Waals surface area (Å²) in [6.07, 6.45) is 5.39. The number of hydrogen-bond acceptors (Lipinski definition) is 2. The van der Waals surface area contributed by atoms with E-state index in [-0.39, 0.29) is 6.04 Å². The topological polar surface area (TPSA) is 58.5 Å². The third-order valence-corrected chi connectivity index (χ3v) is 6.49. The molecular weight excluding hydrogens is 332 g/mol. The van der Waals surface area contributed by atoms with Crippen molar-refractivity contribution in [3.8, 4) is 0 Å². The first-order valence-electron chi connectivity index (χ1n) is 8.77. The van der Waals surface area contributed by atoms with Gasteiger partial charge in [0.15, 0.2) is 0 Å². The lowest BCUT2D eigenvalue weighted by molar-refractivity contribution is 0.100. The van der Waals surface area contributed by atoms with Gasteiger partial charge in [-0.25, -0.2) is 8.93 Å². The van der Waals surface area contributed by atoms with Crippen molar-refractivity contribution in [1.29, 1.82) is 0 Å². The number of hydrogen-bond donors (Lipinski definition) is 1. The molecule has 0 aromatic heterocycles. The number of carbonyl (C=O) groups excluding carboxylic acids is 1. The molecule has 3 rings (SSSR count). The molecule has 0 saturated heterocycles. The molecule has 1 aliphatic carbocycles. The van der Waals surface area contributed by atoms with Gasteiger partial charge in [-0.3, -0.25) is 4.79 Å². The summed E-state index contributed by atoms with van der Waals surface area (Å²) in [6, 6.07) is 16.3. The summed E-state index contributed by atoms with van der Waals surface area (Å²) in [5.41, 5.74) is 1.53. The van der Waals surface area contributed by atoms with Gasteiger partial charge >= 0.3 is 0 Å². The number of rotatable bonds is 4. The SMILES string of the molecule is Cc1ccc(S(=O)(=NC(=O)c2ccccc2)NC2CCCCC2)cc1. The third kappa shape index (κ3) is 4.55. The lowest BCUT2D eigenvalue weighted by Crippen LogP contribution is -2.36. The van der Waals surface area contributed by atoms with Crippen LogP contribution in [0.1, 0.15) is 48.0 Å². The fraction of sp³-hybridized carbons (Fsp3) is 0.350. The normalized spacial score (nSPS) is 17.6. The number of carbonyl (C=O) groups is 1. The molecule has 5 heteroatoms. The first-order valence-corrected chi connectivity index (χ1v) is 10.3. The Morgan fingerprint density at radius 3 is 2.28 bits per heavy atom. The number of nitrogens with one attached hydrogen (secondary N) is 1. The Kier molecular flexibility index (Phi) is 5.66. The first-order chi connectivity index (χ1) is 12.1. The highest BCUT2D eigenvalue weighted by Crippen LogP contribution is 2.22. The lowest BCUT2D eigenvalue weighted by Gasteiger charge is -2.24. The first kappa shape index (κ1) is 17.8. The van der Waals surface area contributed by atoms with Crippen molar-refractivity contribution in [2.45, 2.75) is 50.0 Å². The largest absolute Gasteiger partial charge is 0.286 e. The molecule has 0 heterocycles. The molecule has 1 amide bonds. The van der Waals surface area contributed by atoms with Gasteiger partial charge in [-0.1, -0.05) is 55.2 Å². The molecular formula is C20H24N2O2S. The monoisotopic (exact) mass is 356 g/mol. The summed E-state index contributed by atoms with van der Waals surface area (Å²) >= 11 is 0. The summed E-state index contributed by atoms with van der Waals surface area (Å²) in [5.74, 6) is -0.450. The fourth-order valence-corrected chi connectivity index (χ4v) is 4.89. The van der Waals surface area contributed by atoms with Crippen molar-refractivity contribution in [2.75, 3.05) is 0 Å². The van der Waals surface area contributed by atoms with E-state index in [2.05, 4.69) is 9.08 Å². The van der Waals surface area contributed by atoms with Crippen molar-refractivity contribution >= 4 is 15.8 Å². The van der Waals surface area contributed by atoms with Gasteiger partial charge in [-0.05, 0) is 44.0 Å².